The summed E-state index contributed by atoms with van der Waals surface area (Å²) in [5.41, 5.74) is 0.271. The predicted molar refractivity (Wildman–Crippen MR) is 132 cm³/mol. The predicted octanol–water partition coefficient (Wildman–Crippen LogP) is 4.66. The lowest BCUT2D eigenvalue weighted by molar-refractivity contribution is -0.270. The molecule has 0 radical (unpaired) electrons. The number of likely N-dealkylation sites (tertiary alicyclic amines) is 1. The summed E-state index contributed by atoms with van der Waals surface area (Å²) in [7, 11) is 1.78. The second-order valence-electron chi connectivity index (χ2n) is 13.8. The maximum atomic E-state index is 12.2. The molecule has 5 heteroatoms. The third-order valence-corrected chi connectivity index (χ3v) is 11.4. The minimum absolute atomic E-state index is 0.0885. The molecule has 2 saturated carbocycles. The Balaban J connectivity index is 1.59. The fourth-order valence-electron chi connectivity index (χ4n) is 8.72. The SMILES string of the molecule is COC1(C)[C@@H](C(C)(O)C(C)(C)C)C[C@]2(C)C3Cc4ccc(O)c5c4[C@@]2(CCN3CC2CC2)[C@H]1O5. The lowest BCUT2D eigenvalue weighted by Gasteiger charge is -2.70. The minimum Gasteiger partial charge on any atom is -0.504 e. The number of aromatic hydroxyl groups is 1. The van der Waals surface area contributed by atoms with E-state index in [1.807, 2.05) is 13.0 Å². The second-order valence-corrected chi connectivity index (χ2v) is 13.8. The lowest BCUT2D eigenvalue weighted by Crippen LogP contribution is -2.79. The molecular weight excluding hydrogens is 426 g/mol. The normalized spacial score (nSPS) is 42.6. The molecule has 3 fully saturated rings. The van der Waals surface area contributed by atoms with E-state index < -0.39 is 11.2 Å². The number of nitrogens with zero attached hydrogens (tertiary/aromatic N) is 1. The largest absolute Gasteiger partial charge is 0.504 e. The van der Waals surface area contributed by atoms with E-state index in [9.17, 15) is 10.2 Å². The van der Waals surface area contributed by atoms with Crippen LogP contribution >= 0.6 is 0 Å². The molecular formula is C29H43NO4. The molecule has 34 heavy (non-hydrogen) atoms. The van der Waals surface area contributed by atoms with Crippen LogP contribution in [0.25, 0.3) is 0 Å². The van der Waals surface area contributed by atoms with Gasteiger partial charge in [-0.2, -0.15) is 0 Å². The van der Waals surface area contributed by atoms with Gasteiger partial charge >= 0.3 is 0 Å². The van der Waals surface area contributed by atoms with Crippen molar-refractivity contribution in [1.29, 1.82) is 0 Å². The Bertz CT molecular complexity index is 1030. The Morgan fingerprint density at radius 3 is 2.50 bits per heavy atom. The number of benzene rings is 1. The van der Waals surface area contributed by atoms with E-state index in [-0.39, 0.29) is 34.0 Å². The Morgan fingerprint density at radius 1 is 1.18 bits per heavy atom. The van der Waals surface area contributed by atoms with Gasteiger partial charge in [0.05, 0.1) is 5.60 Å². The van der Waals surface area contributed by atoms with Crippen LogP contribution < -0.4 is 4.74 Å². The van der Waals surface area contributed by atoms with E-state index >= 15 is 0 Å². The number of phenolic OH excluding ortho intramolecular Hbond substituents is 1. The highest BCUT2D eigenvalue weighted by Gasteiger charge is 2.77. The fraction of sp³-hybridized carbons (Fsp3) is 0.793. The molecule has 5 nitrogen and oxygen atoms in total. The van der Waals surface area contributed by atoms with Gasteiger partial charge in [-0.1, -0.05) is 33.8 Å². The van der Waals surface area contributed by atoms with Crippen LogP contribution in [0.2, 0.25) is 0 Å². The minimum atomic E-state index is -0.960. The van der Waals surface area contributed by atoms with E-state index in [1.165, 1.54) is 30.5 Å². The molecule has 5 aliphatic rings. The highest BCUT2D eigenvalue weighted by atomic mass is 16.6. The van der Waals surface area contributed by atoms with Gasteiger partial charge in [-0.15, -0.1) is 0 Å². The summed E-state index contributed by atoms with van der Waals surface area (Å²) in [6.45, 7) is 15.3. The third kappa shape index (κ3) is 2.57. The van der Waals surface area contributed by atoms with Crippen molar-refractivity contribution in [3.05, 3.63) is 23.3 Å². The zero-order valence-corrected chi connectivity index (χ0v) is 22.1. The van der Waals surface area contributed by atoms with Crippen LogP contribution in [0.4, 0.5) is 0 Å². The van der Waals surface area contributed by atoms with Crippen LogP contribution in [0.3, 0.4) is 0 Å². The number of ether oxygens (including phenoxy) is 2. The zero-order valence-electron chi connectivity index (χ0n) is 22.1. The topological polar surface area (TPSA) is 62.2 Å². The number of hydrogen-bond acceptors (Lipinski definition) is 5. The number of hydrogen-bond donors (Lipinski definition) is 2. The molecule has 2 aliphatic heterocycles. The van der Waals surface area contributed by atoms with Crippen LogP contribution in [-0.2, 0) is 16.6 Å². The van der Waals surface area contributed by atoms with Gasteiger partial charge in [-0.25, -0.2) is 0 Å². The molecule has 2 heterocycles. The average molecular weight is 470 g/mol. The monoisotopic (exact) mass is 469 g/mol. The quantitative estimate of drug-likeness (QED) is 0.672. The van der Waals surface area contributed by atoms with Crippen molar-refractivity contribution in [3.8, 4) is 11.5 Å². The number of methoxy groups -OCH3 is 1. The van der Waals surface area contributed by atoms with Gasteiger partial charge in [0.2, 0.25) is 0 Å². The van der Waals surface area contributed by atoms with Crippen molar-refractivity contribution in [2.45, 2.75) is 102 Å². The molecule has 2 N–H and O–H groups in total. The maximum Gasteiger partial charge on any atom is 0.165 e. The van der Waals surface area contributed by atoms with Crippen LogP contribution in [0.1, 0.15) is 78.4 Å². The van der Waals surface area contributed by atoms with E-state index in [0.717, 1.165) is 31.7 Å². The third-order valence-electron chi connectivity index (χ3n) is 11.4. The molecule has 1 aromatic rings. The van der Waals surface area contributed by atoms with Gasteiger partial charge in [-0.3, -0.25) is 4.90 Å². The summed E-state index contributed by atoms with van der Waals surface area (Å²) in [5.74, 6) is 1.63. The van der Waals surface area contributed by atoms with Crippen LogP contribution in [0.15, 0.2) is 12.1 Å². The first-order chi connectivity index (χ1) is 15.8. The number of piperidine rings is 1. The summed E-state index contributed by atoms with van der Waals surface area (Å²) in [6, 6.07) is 4.35. The van der Waals surface area contributed by atoms with E-state index in [2.05, 4.69) is 45.6 Å². The second kappa shape index (κ2) is 6.72. The van der Waals surface area contributed by atoms with Gasteiger partial charge in [-0.05, 0) is 80.9 Å². The molecule has 3 aliphatic carbocycles. The number of phenols is 1. The van der Waals surface area contributed by atoms with Crippen LogP contribution in [0.5, 0.6) is 11.5 Å². The van der Waals surface area contributed by atoms with E-state index in [0.29, 0.717) is 11.8 Å². The first kappa shape index (κ1) is 23.1. The summed E-state index contributed by atoms with van der Waals surface area (Å²) < 4.78 is 13.3. The van der Waals surface area contributed by atoms with Gasteiger partial charge < -0.3 is 19.7 Å². The Labute approximate surface area is 204 Å². The first-order valence-electron chi connectivity index (χ1n) is 13.3. The van der Waals surface area contributed by atoms with Gasteiger partial charge in [0.15, 0.2) is 11.5 Å². The molecule has 7 atom stereocenters. The molecule has 3 unspecified atom stereocenters. The highest BCUT2D eigenvalue weighted by molar-refractivity contribution is 5.62. The van der Waals surface area contributed by atoms with Crippen molar-refractivity contribution in [2.75, 3.05) is 20.2 Å². The Hall–Kier alpha value is -1.30. The van der Waals surface area contributed by atoms with E-state index in [4.69, 9.17) is 9.47 Å². The summed E-state index contributed by atoms with van der Waals surface area (Å²) in [4.78, 5) is 2.77. The first-order valence-corrected chi connectivity index (χ1v) is 13.3. The zero-order chi connectivity index (χ0) is 24.5. The summed E-state index contributed by atoms with van der Waals surface area (Å²) in [5, 5.41) is 23.1. The van der Waals surface area contributed by atoms with Crippen molar-refractivity contribution >= 4 is 0 Å². The number of aliphatic hydroxyl groups is 1. The number of rotatable bonds is 4. The van der Waals surface area contributed by atoms with Gasteiger partial charge in [0.1, 0.15) is 11.7 Å². The molecule has 6 rings (SSSR count). The standard InChI is InChI=1S/C29H43NO4/c1-25(2,3)28(6,32)20-15-26(4)21-14-18-10-11-19(31)23-22(18)29(26,24(34-23)27(20,5)33-7)12-13-30(21)16-17-8-9-17/h10-11,17,20-21,24,31-32H,8-9,12-16H2,1-7H3/t20-,21?,24-,26+,27?,28?,29-/m0/s1. The Kier molecular flexibility index (Phi) is 4.57. The smallest absolute Gasteiger partial charge is 0.165 e. The molecule has 188 valence electrons. The fourth-order valence-corrected chi connectivity index (χ4v) is 8.72. The van der Waals surface area contributed by atoms with Crippen LogP contribution in [0, 0.1) is 22.7 Å². The van der Waals surface area contributed by atoms with Crippen molar-refractivity contribution in [2.24, 2.45) is 22.7 Å². The van der Waals surface area contributed by atoms with Crippen molar-refractivity contribution < 1.29 is 19.7 Å². The van der Waals surface area contributed by atoms with Crippen molar-refractivity contribution in [1.82, 2.24) is 4.90 Å². The molecule has 0 aromatic heterocycles. The molecule has 1 spiro atoms. The highest BCUT2D eigenvalue weighted by Crippen LogP contribution is 2.73. The molecule has 2 bridgehead atoms. The Morgan fingerprint density at radius 2 is 1.88 bits per heavy atom. The molecule has 1 saturated heterocycles. The summed E-state index contributed by atoms with van der Waals surface area (Å²) >= 11 is 0. The van der Waals surface area contributed by atoms with Crippen molar-refractivity contribution in [3.63, 3.8) is 0 Å². The average Bonchev–Trinajstić information content (AvgIpc) is 3.49. The van der Waals surface area contributed by atoms with Gasteiger partial charge in [0.25, 0.3) is 0 Å². The molecule has 1 aromatic carbocycles. The maximum absolute atomic E-state index is 12.2. The molecule has 0 amide bonds. The lowest BCUT2D eigenvalue weighted by atomic mass is 9.38. The van der Waals surface area contributed by atoms with Crippen LogP contribution in [-0.4, -0.2) is 58.7 Å². The van der Waals surface area contributed by atoms with Gasteiger partial charge in [0, 0.05) is 36.6 Å². The summed E-state index contributed by atoms with van der Waals surface area (Å²) in [6.07, 6.45) is 5.32. The van der Waals surface area contributed by atoms with E-state index in [1.54, 1.807) is 7.11 Å².